The van der Waals surface area contributed by atoms with E-state index in [0.29, 0.717) is 5.56 Å². The van der Waals surface area contributed by atoms with Crippen LogP contribution in [0.5, 0.6) is 0 Å². The van der Waals surface area contributed by atoms with E-state index in [1.807, 2.05) is 38.4 Å². The first-order valence-corrected chi connectivity index (χ1v) is 6.48. The van der Waals surface area contributed by atoms with Gasteiger partial charge in [-0.15, -0.1) is 0 Å². The van der Waals surface area contributed by atoms with Gasteiger partial charge < -0.3 is 9.88 Å². The number of nitrogens with one attached hydrogen (secondary N) is 1. The van der Waals surface area contributed by atoms with Crippen LogP contribution in [0, 0.1) is 11.3 Å². The van der Waals surface area contributed by atoms with E-state index < -0.39 is 0 Å². The summed E-state index contributed by atoms with van der Waals surface area (Å²) >= 11 is 0. The van der Waals surface area contributed by atoms with E-state index in [1.54, 1.807) is 0 Å². The molecule has 3 rings (SSSR count). The molecule has 0 radical (unpaired) electrons. The second kappa shape index (κ2) is 4.75. The molecule has 1 N–H and O–H groups in total. The van der Waals surface area contributed by atoms with Gasteiger partial charge in [-0.05, 0) is 35.9 Å². The first-order chi connectivity index (χ1) is 9.67. The van der Waals surface area contributed by atoms with Crippen molar-refractivity contribution >= 4 is 16.6 Å². The van der Waals surface area contributed by atoms with Gasteiger partial charge >= 0.3 is 0 Å². The number of aromatic nitrogens is 1. The molecule has 0 spiro atoms. The molecular formula is C17H15N3. The topological polar surface area (TPSA) is 42.8 Å². The average Bonchev–Trinajstić information content (AvgIpc) is 2.90. The third kappa shape index (κ3) is 2.12. The lowest BCUT2D eigenvalue weighted by molar-refractivity contribution is 1.13. The summed E-state index contributed by atoms with van der Waals surface area (Å²) in [6.07, 6.45) is 0. The Morgan fingerprint density at radius 1 is 1.00 bits per heavy atom. The Kier molecular flexibility index (Phi) is 2.92. The van der Waals surface area contributed by atoms with Crippen LogP contribution in [0.3, 0.4) is 0 Å². The summed E-state index contributed by atoms with van der Waals surface area (Å²) < 4.78 is 0. The molecule has 0 aliphatic rings. The Labute approximate surface area is 118 Å². The summed E-state index contributed by atoms with van der Waals surface area (Å²) in [5.41, 5.74) is 5.13. The molecule has 0 saturated carbocycles. The maximum atomic E-state index is 8.83. The summed E-state index contributed by atoms with van der Waals surface area (Å²) in [5.74, 6) is 0. The van der Waals surface area contributed by atoms with Gasteiger partial charge in [0.15, 0.2) is 0 Å². The maximum absolute atomic E-state index is 8.83. The van der Waals surface area contributed by atoms with E-state index in [2.05, 4.69) is 40.2 Å². The molecule has 1 heterocycles. The number of benzene rings is 2. The van der Waals surface area contributed by atoms with Gasteiger partial charge in [0.25, 0.3) is 0 Å². The molecule has 98 valence electrons. The minimum atomic E-state index is 0.680. The van der Waals surface area contributed by atoms with E-state index >= 15 is 0 Å². The van der Waals surface area contributed by atoms with Crippen molar-refractivity contribution < 1.29 is 0 Å². The van der Waals surface area contributed by atoms with Crippen molar-refractivity contribution in [3.05, 3.63) is 54.1 Å². The highest BCUT2D eigenvalue weighted by atomic mass is 15.1. The number of hydrogen-bond donors (Lipinski definition) is 1. The number of nitriles is 1. The van der Waals surface area contributed by atoms with E-state index in [9.17, 15) is 0 Å². The van der Waals surface area contributed by atoms with Crippen molar-refractivity contribution in [3.63, 3.8) is 0 Å². The summed E-state index contributed by atoms with van der Waals surface area (Å²) in [4.78, 5) is 5.52. The second-order valence-corrected chi connectivity index (χ2v) is 5.04. The standard InChI is InChI=1S/C17H15N3/c1-20(2)15-8-7-14-9-16(19-17(14)10-15)13-5-3-12(11-18)4-6-13/h3-10,19H,1-2H3. The summed E-state index contributed by atoms with van der Waals surface area (Å²) in [7, 11) is 4.07. The number of H-pyrrole nitrogens is 1. The Hall–Kier alpha value is -2.73. The molecule has 0 aliphatic heterocycles. The molecule has 20 heavy (non-hydrogen) atoms. The Balaban J connectivity index is 2.05. The first-order valence-electron chi connectivity index (χ1n) is 6.48. The van der Waals surface area contributed by atoms with Crippen LogP contribution in [0.2, 0.25) is 0 Å². The van der Waals surface area contributed by atoms with E-state index in [-0.39, 0.29) is 0 Å². The Morgan fingerprint density at radius 2 is 1.75 bits per heavy atom. The molecule has 0 amide bonds. The molecule has 0 aliphatic carbocycles. The van der Waals surface area contributed by atoms with Crippen molar-refractivity contribution in [2.75, 3.05) is 19.0 Å². The van der Waals surface area contributed by atoms with Crippen molar-refractivity contribution in [2.45, 2.75) is 0 Å². The maximum Gasteiger partial charge on any atom is 0.0991 e. The van der Waals surface area contributed by atoms with Gasteiger partial charge in [0.1, 0.15) is 0 Å². The smallest absolute Gasteiger partial charge is 0.0991 e. The van der Waals surface area contributed by atoms with Crippen LogP contribution >= 0.6 is 0 Å². The normalized spacial score (nSPS) is 10.4. The van der Waals surface area contributed by atoms with Gasteiger partial charge in [-0.25, -0.2) is 0 Å². The zero-order valence-corrected chi connectivity index (χ0v) is 11.5. The van der Waals surface area contributed by atoms with Crippen LogP contribution < -0.4 is 4.90 Å². The fourth-order valence-electron chi connectivity index (χ4n) is 2.27. The highest BCUT2D eigenvalue weighted by Crippen LogP contribution is 2.27. The summed E-state index contributed by atoms with van der Waals surface area (Å²) in [5, 5.41) is 10.0. The highest BCUT2D eigenvalue weighted by Gasteiger charge is 2.05. The van der Waals surface area contributed by atoms with Gasteiger partial charge in [0.2, 0.25) is 0 Å². The predicted octanol–water partition coefficient (Wildman–Crippen LogP) is 3.77. The number of rotatable bonds is 2. The summed E-state index contributed by atoms with van der Waals surface area (Å²) in [6, 6.07) is 18.3. The zero-order chi connectivity index (χ0) is 14.1. The minimum absolute atomic E-state index is 0.680. The number of anilines is 1. The fourth-order valence-corrected chi connectivity index (χ4v) is 2.27. The molecule has 2 aromatic carbocycles. The van der Waals surface area contributed by atoms with Crippen LogP contribution in [-0.4, -0.2) is 19.1 Å². The molecule has 3 heteroatoms. The predicted molar refractivity (Wildman–Crippen MR) is 82.8 cm³/mol. The molecule has 0 bridgehead atoms. The number of hydrogen-bond acceptors (Lipinski definition) is 2. The van der Waals surface area contributed by atoms with Gasteiger partial charge in [-0.2, -0.15) is 5.26 Å². The molecule has 1 aromatic heterocycles. The van der Waals surface area contributed by atoms with Crippen molar-refractivity contribution in [2.24, 2.45) is 0 Å². The van der Waals surface area contributed by atoms with Crippen molar-refractivity contribution in [3.8, 4) is 17.3 Å². The van der Waals surface area contributed by atoms with E-state index in [0.717, 1.165) is 16.8 Å². The second-order valence-electron chi connectivity index (χ2n) is 5.04. The van der Waals surface area contributed by atoms with Crippen LogP contribution in [0.15, 0.2) is 48.5 Å². The lowest BCUT2D eigenvalue weighted by Gasteiger charge is -2.11. The van der Waals surface area contributed by atoms with Crippen LogP contribution in [0.25, 0.3) is 22.2 Å². The fraction of sp³-hybridized carbons (Fsp3) is 0.118. The number of fused-ring (bicyclic) bond motifs is 1. The van der Waals surface area contributed by atoms with Crippen molar-refractivity contribution in [1.82, 2.24) is 4.98 Å². The molecule has 3 nitrogen and oxygen atoms in total. The van der Waals surface area contributed by atoms with Crippen molar-refractivity contribution in [1.29, 1.82) is 5.26 Å². The lowest BCUT2D eigenvalue weighted by atomic mass is 10.1. The molecule has 0 atom stereocenters. The average molecular weight is 261 g/mol. The molecule has 0 fully saturated rings. The SMILES string of the molecule is CN(C)c1ccc2cc(-c3ccc(C#N)cc3)[nH]c2c1. The third-order valence-corrected chi connectivity index (χ3v) is 3.45. The Morgan fingerprint density at radius 3 is 2.40 bits per heavy atom. The van der Waals surface area contributed by atoms with Gasteiger partial charge in [-0.1, -0.05) is 18.2 Å². The van der Waals surface area contributed by atoms with Crippen LogP contribution in [0.1, 0.15) is 5.56 Å². The van der Waals surface area contributed by atoms with Crippen LogP contribution in [0.4, 0.5) is 5.69 Å². The summed E-state index contributed by atoms with van der Waals surface area (Å²) in [6.45, 7) is 0. The molecule has 0 saturated heterocycles. The zero-order valence-electron chi connectivity index (χ0n) is 11.5. The number of aromatic amines is 1. The first kappa shape index (κ1) is 12.3. The highest BCUT2D eigenvalue weighted by molar-refractivity contribution is 5.88. The van der Waals surface area contributed by atoms with Gasteiger partial charge in [0.05, 0.1) is 11.6 Å². The molecule has 0 unspecified atom stereocenters. The number of nitrogens with zero attached hydrogens (tertiary/aromatic N) is 2. The third-order valence-electron chi connectivity index (χ3n) is 3.45. The Bertz CT molecular complexity index is 789. The lowest BCUT2D eigenvalue weighted by Crippen LogP contribution is -2.07. The van der Waals surface area contributed by atoms with Gasteiger partial charge in [-0.3, -0.25) is 0 Å². The molecular weight excluding hydrogens is 246 g/mol. The minimum Gasteiger partial charge on any atom is -0.378 e. The quantitative estimate of drug-likeness (QED) is 0.763. The monoisotopic (exact) mass is 261 g/mol. The van der Waals surface area contributed by atoms with Gasteiger partial charge in [0, 0.05) is 36.4 Å². The van der Waals surface area contributed by atoms with Crippen LogP contribution in [-0.2, 0) is 0 Å². The molecule has 3 aromatic rings. The largest absolute Gasteiger partial charge is 0.378 e. The van der Waals surface area contributed by atoms with E-state index in [4.69, 9.17) is 5.26 Å². The van der Waals surface area contributed by atoms with E-state index in [1.165, 1.54) is 11.1 Å².